The Morgan fingerprint density at radius 3 is 2.56 bits per heavy atom. The molecule has 0 bridgehead atoms. The van der Waals surface area contributed by atoms with E-state index >= 15 is 0 Å². The van der Waals surface area contributed by atoms with E-state index in [1.807, 2.05) is 12.1 Å². The van der Waals surface area contributed by atoms with Crippen molar-refractivity contribution < 1.29 is 14.3 Å². The van der Waals surface area contributed by atoms with E-state index < -0.39 is 24.2 Å². The van der Waals surface area contributed by atoms with Crippen LogP contribution >= 0.6 is 0 Å². The zero-order valence-electron chi connectivity index (χ0n) is 19.4. The van der Waals surface area contributed by atoms with Gasteiger partial charge in [-0.05, 0) is 50.2 Å². The molecule has 0 aliphatic rings. The van der Waals surface area contributed by atoms with Gasteiger partial charge in [0.2, 0.25) is 0 Å². The van der Waals surface area contributed by atoms with Crippen LogP contribution in [0.4, 0.5) is 15.9 Å². The van der Waals surface area contributed by atoms with E-state index in [-0.39, 0.29) is 5.56 Å². The Hall–Kier alpha value is -4.87. The van der Waals surface area contributed by atoms with Gasteiger partial charge in [-0.2, -0.15) is 15.6 Å². The van der Waals surface area contributed by atoms with Gasteiger partial charge in [0.25, 0.3) is 5.91 Å². The fourth-order valence-corrected chi connectivity index (χ4v) is 3.33. The van der Waals surface area contributed by atoms with Gasteiger partial charge in [-0.15, -0.1) is 0 Å². The minimum absolute atomic E-state index is 0.119. The molecule has 11 heteroatoms. The molecule has 0 saturated carbocycles. The Kier molecular flexibility index (Phi) is 6.59. The standard InChI is InChI=1S/C25H21FN8O2/c1-25(2,36)22(26)14-31-24(35)18-13-29-20(8-19(18)33-23-6-3-15(9-27)11-30-23)21-5-4-17-7-16(10-28)12-32-34(17)21/h3-8,11-13,22,36H,14H2,1-2H3,(H,31,35)(H,29,30,33). The summed E-state index contributed by atoms with van der Waals surface area (Å²) in [4.78, 5) is 21.5. The van der Waals surface area contributed by atoms with Crippen LogP contribution in [0.25, 0.3) is 16.9 Å². The minimum Gasteiger partial charge on any atom is -0.387 e. The van der Waals surface area contributed by atoms with Crippen molar-refractivity contribution in [2.75, 3.05) is 11.9 Å². The number of hydrogen-bond donors (Lipinski definition) is 3. The normalized spacial score (nSPS) is 11.9. The van der Waals surface area contributed by atoms with Crippen LogP contribution in [0.3, 0.4) is 0 Å². The van der Waals surface area contributed by atoms with Gasteiger partial charge in [0.05, 0.1) is 57.6 Å². The van der Waals surface area contributed by atoms with Crippen LogP contribution in [-0.4, -0.2) is 48.9 Å². The van der Waals surface area contributed by atoms with E-state index in [2.05, 4.69) is 25.7 Å². The van der Waals surface area contributed by atoms with Crippen molar-refractivity contribution in [1.82, 2.24) is 24.9 Å². The molecule has 10 nitrogen and oxygen atoms in total. The van der Waals surface area contributed by atoms with Gasteiger partial charge in [0.1, 0.15) is 24.1 Å². The summed E-state index contributed by atoms with van der Waals surface area (Å²) in [5, 5.41) is 37.8. The lowest BCUT2D eigenvalue weighted by molar-refractivity contribution is -0.00177. The van der Waals surface area contributed by atoms with Crippen molar-refractivity contribution in [3.05, 3.63) is 71.7 Å². The number of aliphatic hydroxyl groups is 1. The number of hydrogen-bond acceptors (Lipinski definition) is 8. The number of halogens is 1. The van der Waals surface area contributed by atoms with Gasteiger partial charge in [-0.25, -0.2) is 13.9 Å². The Morgan fingerprint density at radius 2 is 1.89 bits per heavy atom. The molecule has 0 aliphatic carbocycles. The molecule has 36 heavy (non-hydrogen) atoms. The first kappa shape index (κ1) is 24.3. The molecule has 0 aromatic carbocycles. The van der Waals surface area contributed by atoms with Crippen LogP contribution in [0, 0.1) is 22.7 Å². The molecule has 1 unspecified atom stereocenters. The highest BCUT2D eigenvalue weighted by atomic mass is 19.1. The molecule has 4 aromatic heterocycles. The third-order valence-electron chi connectivity index (χ3n) is 5.40. The number of amides is 1. The predicted octanol–water partition coefficient (Wildman–Crippen LogP) is 3.12. The van der Waals surface area contributed by atoms with E-state index in [0.717, 1.165) is 0 Å². The van der Waals surface area contributed by atoms with Crippen molar-refractivity contribution in [3.63, 3.8) is 0 Å². The van der Waals surface area contributed by atoms with Gasteiger partial charge < -0.3 is 15.7 Å². The van der Waals surface area contributed by atoms with E-state index in [0.29, 0.717) is 39.5 Å². The van der Waals surface area contributed by atoms with E-state index in [4.69, 9.17) is 10.5 Å². The van der Waals surface area contributed by atoms with Crippen molar-refractivity contribution in [3.8, 4) is 23.5 Å². The van der Waals surface area contributed by atoms with Crippen LogP contribution < -0.4 is 10.6 Å². The second-order valence-electron chi connectivity index (χ2n) is 8.53. The number of anilines is 2. The average molecular weight is 484 g/mol. The maximum atomic E-state index is 14.2. The Bertz CT molecular complexity index is 1510. The lowest BCUT2D eigenvalue weighted by Gasteiger charge is -2.22. The zero-order valence-corrected chi connectivity index (χ0v) is 19.4. The van der Waals surface area contributed by atoms with Gasteiger partial charge in [-0.1, -0.05) is 0 Å². The molecule has 4 aromatic rings. The summed E-state index contributed by atoms with van der Waals surface area (Å²) in [6.07, 6.45) is 2.49. The topological polar surface area (TPSA) is 152 Å². The molecular formula is C25H21FN8O2. The Morgan fingerprint density at radius 1 is 1.11 bits per heavy atom. The van der Waals surface area contributed by atoms with Gasteiger partial charge in [0, 0.05) is 12.4 Å². The molecular weight excluding hydrogens is 463 g/mol. The third-order valence-corrected chi connectivity index (χ3v) is 5.40. The monoisotopic (exact) mass is 484 g/mol. The quantitative estimate of drug-likeness (QED) is 0.362. The van der Waals surface area contributed by atoms with E-state index in [1.54, 1.807) is 40.9 Å². The molecule has 0 aliphatic heterocycles. The summed E-state index contributed by atoms with van der Waals surface area (Å²) in [6.45, 7) is 2.24. The number of nitriles is 2. The van der Waals surface area contributed by atoms with Gasteiger partial charge in [0.15, 0.2) is 0 Å². The first-order valence-electron chi connectivity index (χ1n) is 10.9. The van der Waals surface area contributed by atoms with Crippen LogP contribution in [0.2, 0.25) is 0 Å². The number of fused-ring (bicyclic) bond motifs is 1. The van der Waals surface area contributed by atoms with Crippen LogP contribution in [-0.2, 0) is 0 Å². The SMILES string of the molecule is CC(C)(O)C(F)CNC(=O)c1cnc(-c2ccc3cc(C#N)cnn23)cc1Nc1ccc(C#N)cn1. The number of aromatic nitrogens is 4. The first-order valence-corrected chi connectivity index (χ1v) is 10.9. The van der Waals surface area contributed by atoms with Crippen LogP contribution in [0.15, 0.2) is 55.0 Å². The molecule has 1 atom stereocenters. The summed E-state index contributed by atoms with van der Waals surface area (Å²) in [5.41, 5.74) is 1.40. The average Bonchev–Trinajstić information content (AvgIpc) is 3.30. The lowest BCUT2D eigenvalue weighted by atomic mass is 10.0. The third kappa shape index (κ3) is 5.12. The number of nitrogens with one attached hydrogen (secondary N) is 2. The van der Waals surface area contributed by atoms with Crippen molar-refractivity contribution in [1.29, 1.82) is 10.5 Å². The predicted molar refractivity (Wildman–Crippen MR) is 129 cm³/mol. The molecule has 0 saturated heterocycles. The molecule has 180 valence electrons. The lowest BCUT2D eigenvalue weighted by Crippen LogP contribution is -2.42. The second kappa shape index (κ2) is 9.78. The number of alkyl halides is 1. The number of rotatable bonds is 7. The summed E-state index contributed by atoms with van der Waals surface area (Å²) in [6, 6.07) is 14.1. The van der Waals surface area contributed by atoms with Crippen LogP contribution in [0.5, 0.6) is 0 Å². The molecule has 4 rings (SSSR count). The van der Waals surface area contributed by atoms with Crippen molar-refractivity contribution in [2.24, 2.45) is 0 Å². The number of carbonyl (C=O) groups excluding carboxylic acids is 1. The van der Waals surface area contributed by atoms with Crippen molar-refractivity contribution >= 4 is 22.9 Å². The first-order chi connectivity index (χ1) is 17.2. The van der Waals surface area contributed by atoms with E-state index in [9.17, 15) is 14.3 Å². The number of carbonyl (C=O) groups is 1. The zero-order chi connectivity index (χ0) is 25.9. The molecule has 0 fully saturated rings. The molecule has 0 radical (unpaired) electrons. The molecule has 3 N–H and O–H groups in total. The van der Waals surface area contributed by atoms with Gasteiger partial charge >= 0.3 is 0 Å². The molecule has 4 heterocycles. The van der Waals surface area contributed by atoms with Gasteiger partial charge in [-0.3, -0.25) is 9.78 Å². The summed E-state index contributed by atoms with van der Waals surface area (Å²) >= 11 is 0. The smallest absolute Gasteiger partial charge is 0.255 e. The Balaban J connectivity index is 1.71. The van der Waals surface area contributed by atoms with Crippen molar-refractivity contribution in [2.45, 2.75) is 25.6 Å². The maximum absolute atomic E-state index is 14.2. The molecule has 1 amide bonds. The Labute approximate surface area is 205 Å². The largest absolute Gasteiger partial charge is 0.387 e. The number of nitrogens with zero attached hydrogens (tertiary/aromatic N) is 6. The highest BCUT2D eigenvalue weighted by Gasteiger charge is 2.27. The minimum atomic E-state index is -1.68. The summed E-state index contributed by atoms with van der Waals surface area (Å²) < 4.78 is 15.8. The fraction of sp³-hybridized carbons (Fsp3) is 0.200. The summed E-state index contributed by atoms with van der Waals surface area (Å²) in [7, 11) is 0. The fourth-order valence-electron chi connectivity index (χ4n) is 3.33. The maximum Gasteiger partial charge on any atom is 0.255 e. The van der Waals surface area contributed by atoms with E-state index in [1.165, 1.54) is 32.4 Å². The highest BCUT2D eigenvalue weighted by Crippen LogP contribution is 2.27. The summed E-state index contributed by atoms with van der Waals surface area (Å²) in [5.74, 6) is -0.231. The molecule has 0 spiro atoms. The second-order valence-corrected chi connectivity index (χ2v) is 8.53. The van der Waals surface area contributed by atoms with Crippen LogP contribution in [0.1, 0.15) is 35.3 Å². The highest BCUT2D eigenvalue weighted by molar-refractivity contribution is 6.00. The number of pyridine rings is 2.